The van der Waals surface area contributed by atoms with Crippen LogP contribution in [-0.4, -0.2) is 48.7 Å². The molecule has 0 atom stereocenters. The van der Waals surface area contributed by atoms with E-state index in [9.17, 15) is 24.5 Å². The summed E-state index contributed by atoms with van der Waals surface area (Å²) >= 11 is 0. The summed E-state index contributed by atoms with van der Waals surface area (Å²) in [5.74, 6) is -1.15. The van der Waals surface area contributed by atoms with Crippen molar-refractivity contribution in [2.75, 3.05) is 17.2 Å². The zero-order chi connectivity index (χ0) is 25.9. The Bertz CT molecular complexity index is 1330. The van der Waals surface area contributed by atoms with Gasteiger partial charge in [0.2, 0.25) is 0 Å². The van der Waals surface area contributed by atoms with Crippen molar-refractivity contribution >= 4 is 40.7 Å². The lowest BCUT2D eigenvalue weighted by Gasteiger charge is -2.09. The van der Waals surface area contributed by atoms with E-state index in [1.165, 1.54) is 40.6 Å². The van der Waals surface area contributed by atoms with Crippen molar-refractivity contribution in [2.24, 2.45) is 26.9 Å². The predicted molar refractivity (Wildman–Crippen MR) is 128 cm³/mol. The number of amidine groups is 1. The molecule has 3 aromatic rings. The van der Waals surface area contributed by atoms with Gasteiger partial charge in [-0.3, -0.25) is 29.9 Å². The van der Waals surface area contributed by atoms with E-state index < -0.39 is 16.7 Å². The van der Waals surface area contributed by atoms with E-state index in [1.807, 2.05) is 0 Å². The molecule has 0 aliphatic heterocycles. The first-order chi connectivity index (χ1) is 16.5. The van der Waals surface area contributed by atoms with Gasteiger partial charge in [-0.2, -0.15) is 0 Å². The minimum absolute atomic E-state index is 0.0340. The van der Waals surface area contributed by atoms with Gasteiger partial charge in [0.05, 0.1) is 22.6 Å². The Kier molecular flexibility index (Phi) is 7.03. The number of rotatable bonds is 9. The lowest BCUT2D eigenvalue weighted by molar-refractivity contribution is -0.384. The van der Waals surface area contributed by atoms with E-state index in [2.05, 4.69) is 16.0 Å². The number of nitrogens with zero attached hydrogens (tertiary/aromatic N) is 4. The van der Waals surface area contributed by atoms with Crippen molar-refractivity contribution in [2.45, 2.75) is 6.42 Å². The second kappa shape index (κ2) is 9.94. The maximum atomic E-state index is 12.8. The summed E-state index contributed by atoms with van der Waals surface area (Å²) < 4.78 is 4.35. The fraction of sp³-hybridized carbons (Fsp3) is 0.238. The van der Waals surface area contributed by atoms with Crippen LogP contribution >= 0.6 is 0 Å². The number of hydrogen-bond acceptors (Lipinski definition) is 6. The maximum Gasteiger partial charge on any atom is 0.287 e. The summed E-state index contributed by atoms with van der Waals surface area (Å²) in [4.78, 5) is 48.0. The molecule has 0 saturated heterocycles. The number of nitrogens with one attached hydrogen (secondary N) is 4. The van der Waals surface area contributed by atoms with Gasteiger partial charge in [0.1, 0.15) is 22.9 Å². The molecule has 0 radical (unpaired) electrons. The summed E-state index contributed by atoms with van der Waals surface area (Å²) in [5, 5.41) is 26.1. The van der Waals surface area contributed by atoms with Crippen LogP contribution in [0, 0.1) is 15.5 Å². The molecule has 184 valence electrons. The number of nitrogens with two attached hydrogens (primary N) is 1. The molecule has 35 heavy (non-hydrogen) atoms. The minimum atomic E-state index is -0.591. The van der Waals surface area contributed by atoms with Gasteiger partial charge in [0, 0.05) is 46.4 Å². The van der Waals surface area contributed by atoms with E-state index in [0.29, 0.717) is 17.2 Å². The zero-order valence-corrected chi connectivity index (χ0v) is 19.3. The molecule has 14 heteroatoms. The number of nitro groups is 1. The smallest absolute Gasteiger partial charge is 0.287 e. The SMILES string of the molecule is Cn1cc(NC(=O)c2ccc(NC(=O)c3cc([N+](=O)[O-])cn3C)n2C)cc1C(=O)NCCC(=N)N. The van der Waals surface area contributed by atoms with Crippen LogP contribution in [0.1, 0.15) is 37.9 Å². The van der Waals surface area contributed by atoms with Crippen molar-refractivity contribution in [3.63, 3.8) is 0 Å². The van der Waals surface area contributed by atoms with Crippen LogP contribution in [0.3, 0.4) is 0 Å². The molecule has 0 spiro atoms. The number of carbonyl (C=O) groups excluding carboxylic acids is 3. The van der Waals surface area contributed by atoms with Crippen LogP contribution < -0.4 is 21.7 Å². The van der Waals surface area contributed by atoms with Gasteiger partial charge in [0.25, 0.3) is 23.4 Å². The van der Waals surface area contributed by atoms with Crippen LogP contribution in [0.25, 0.3) is 0 Å². The summed E-state index contributed by atoms with van der Waals surface area (Å²) in [6.07, 6.45) is 3.04. The molecule has 0 aliphatic rings. The van der Waals surface area contributed by atoms with Crippen LogP contribution in [0.15, 0.2) is 36.7 Å². The van der Waals surface area contributed by atoms with Gasteiger partial charge in [-0.25, -0.2) is 0 Å². The number of hydrogen-bond donors (Lipinski definition) is 5. The van der Waals surface area contributed by atoms with Gasteiger partial charge >= 0.3 is 0 Å². The topological polar surface area (TPSA) is 195 Å². The Morgan fingerprint density at radius 2 is 1.60 bits per heavy atom. The van der Waals surface area contributed by atoms with E-state index in [0.717, 1.165) is 6.07 Å². The molecule has 3 heterocycles. The highest BCUT2D eigenvalue weighted by molar-refractivity contribution is 6.06. The van der Waals surface area contributed by atoms with Gasteiger partial charge in [-0.1, -0.05) is 0 Å². The van der Waals surface area contributed by atoms with Gasteiger partial charge in [-0.05, 0) is 18.2 Å². The molecule has 0 fully saturated rings. The van der Waals surface area contributed by atoms with Crippen LogP contribution in [0.4, 0.5) is 17.2 Å². The van der Waals surface area contributed by atoms with Crippen molar-refractivity contribution in [3.8, 4) is 0 Å². The maximum absolute atomic E-state index is 12.8. The van der Waals surface area contributed by atoms with E-state index >= 15 is 0 Å². The molecular formula is C21H25N9O5. The molecule has 6 N–H and O–H groups in total. The molecule has 3 amide bonds. The number of aryl methyl sites for hydroxylation is 2. The first kappa shape index (κ1) is 24.8. The first-order valence-electron chi connectivity index (χ1n) is 10.3. The predicted octanol–water partition coefficient (Wildman–Crippen LogP) is 1.17. The van der Waals surface area contributed by atoms with Crippen molar-refractivity contribution in [1.29, 1.82) is 5.41 Å². The summed E-state index contributed by atoms with van der Waals surface area (Å²) in [6.45, 7) is 0.217. The lowest BCUT2D eigenvalue weighted by atomic mass is 10.3. The van der Waals surface area contributed by atoms with E-state index in [-0.39, 0.29) is 41.8 Å². The van der Waals surface area contributed by atoms with Crippen molar-refractivity contribution < 1.29 is 19.3 Å². The third kappa shape index (κ3) is 5.55. The summed E-state index contributed by atoms with van der Waals surface area (Å²) in [5.41, 5.74) is 6.08. The van der Waals surface area contributed by atoms with E-state index in [1.54, 1.807) is 24.9 Å². The molecule has 0 unspecified atom stereocenters. The summed E-state index contributed by atoms with van der Waals surface area (Å²) in [6, 6.07) is 5.71. The average Bonchev–Trinajstić information content (AvgIpc) is 3.45. The summed E-state index contributed by atoms with van der Waals surface area (Å²) in [7, 11) is 4.75. The standard InChI is InChI=1S/C21H25N9O5/c1-27-10-12(8-15(27)19(31)24-7-6-17(22)23)25-20(32)14-4-5-18(29(14)3)26-21(33)16-9-13(30(34)35)11-28(16)2/h4-5,8-11H,6-7H2,1-3H3,(H3,22,23)(H,24,31)(H,25,32)(H,26,33). The fourth-order valence-corrected chi connectivity index (χ4v) is 3.37. The van der Waals surface area contributed by atoms with Crippen LogP contribution in [-0.2, 0) is 21.1 Å². The second-order valence-electron chi connectivity index (χ2n) is 7.78. The highest BCUT2D eigenvalue weighted by atomic mass is 16.6. The third-order valence-electron chi connectivity index (χ3n) is 5.21. The van der Waals surface area contributed by atoms with Crippen molar-refractivity contribution in [3.05, 3.63) is 63.9 Å². The second-order valence-corrected chi connectivity index (χ2v) is 7.78. The number of anilines is 2. The largest absolute Gasteiger partial charge is 0.388 e. The molecule has 0 aromatic carbocycles. The highest BCUT2D eigenvalue weighted by Crippen LogP contribution is 2.20. The average molecular weight is 483 g/mol. The molecule has 3 rings (SSSR count). The third-order valence-corrected chi connectivity index (χ3v) is 5.21. The quantitative estimate of drug-likeness (QED) is 0.131. The molecule has 14 nitrogen and oxygen atoms in total. The fourth-order valence-electron chi connectivity index (χ4n) is 3.37. The zero-order valence-electron chi connectivity index (χ0n) is 19.3. The minimum Gasteiger partial charge on any atom is -0.388 e. The Balaban J connectivity index is 1.68. The van der Waals surface area contributed by atoms with Gasteiger partial charge < -0.3 is 35.4 Å². The Labute approximate surface area is 199 Å². The number of aromatic nitrogens is 3. The van der Waals surface area contributed by atoms with Crippen LogP contribution in [0.2, 0.25) is 0 Å². The molecular weight excluding hydrogens is 458 g/mol. The van der Waals surface area contributed by atoms with Gasteiger partial charge in [0.15, 0.2) is 0 Å². The molecule has 0 bridgehead atoms. The Morgan fingerprint density at radius 3 is 2.23 bits per heavy atom. The molecule has 0 aliphatic carbocycles. The van der Waals surface area contributed by atoms with Gasteiger partial charge in [-0.15, -0.1) is 0 Å². The van der Waals surface area contributed by atoms with E-state index in [4.69, 9.17) is 11.1 Å². The molecule has 3 aromatic heterocycles. The Morgan fingerprint density at radius 1 is 0.971 bits per heavy atom. The number of amides is 3. The van der Waals surface area contributed by atoms with Crippen molar-refractivity contribution in [1.82, 2.24) is 19.0 Å². The highest BCUT2D eigenvalue weighted by Gasteiger charge is 2.20. The monoisotopic (exact) mass is 483 g/mol. The Hall–Kier alpha value is -4.88. The first-order valence-corrected chi connectivity index (χ1v) is 10.3. The van der Waals surface area contributed by atoms with Crippen LogP contribution in [0.5, 0.6) is 0 Å². The normalized spacial score (nSPS) is 10.6. The molecule has 0 saturated carbocycles. The lowest BCUT2D eigenvalue weighted by Crippen LogP contribution is -2.28. The number of carbonyl (C=O) groups is 3.